The Labute approximate surface area is 113 Å². The van der Waals surface area contributed by atoms with Crippen molar-refractivity contribution in [1.82, 2.24) is 5.32 Å². The normalized spacial score (nSPS) is 18.1. The second-order valence-corrected chi connectivity index (χ2v) is 4.48. The van der Waals surface area contributed by atoms with E-state index in [0.717, 1.165) is 25.2 Å². The summed E-state index contributed by atoms with van der Waals surface area (Å²) in [6.45, 7) is 4.13. The molecule has 2 rings (SSSR count). The van der Waals surface area contributed by atoms with Gasteiger partial charge in [-0.1, -0.05) is 0 Å². The summed E-state index contributed by atoms with van der Waals surface area (Å²) in [7, 11) is 1.60. The molecule has 0 saturated carbocycles. The molecule has 1 fully saturated rings. The molecule has 5 nitrogen and oxygen atoms in total. The number of hydrogen-bond donors (Lipinski definition) is 2. The van der Waals surface area contributed by atoms with Gasteiger partial charge in [-0.15, -0.1) is 0 Å². The van der Waals surface area contributed by atoms with Crippen molar-refractivity contribution in [3.8, 4) is 11.5 Å². The molecule has 1 unspecified atom stereocenters. The number of methoxy groups -OCH3 is 1. The van der Waals surface area contributed by atoms with Gasteiger partial charge in [0.05, 0.1) is 19.6 Å². The van der Waals surface area contributed by atoms with Crippen LogP contribution in [-0.2, 0) is 4.79 Å². The number of carbonyl (C=O) groups is 1. The summed E-state index contributed by atoms with van der Waals surface area (Å²) in [6, 6.07) is 5.41. The van der Waals surface area contributed by atoms with Gasteiger partial charge in [-0.3, -0.25) is 4.79 Å². The Balaban J connectivity index is 2.07. The average molecular weight is 264 g/mol. The van der Waals surface area contributed by atoms with E-state index >= 15 is 0 Å². The number of ether oxygens (including phenoxy) is 2. The van der Waals surface area contributed by atoms with Crippen LogP contribution in [0.3, 0.4) is 0 Å². The number of anilines is 1. The molecule has 1 atom stereocenters. The Morgan fingerprint density at radius 1 is 1.47 bits per heavy atom. The Morgan fingerprint density at radius 3 is 2.95 bits per heavy atom. The number of benzene rings is 1. The molecule has 5 heteroatoms. The Morgan fingerprint density at radius 2 is 2.32 bits per heavy atom. The van der Waals surface area contributed by atoms with E-state index in [2.05, 4.69) is 10.6 Å². The maximum atomic E-state index is 12.0. The van der Waals surface area contributed by atoms with Crippen LogP contribution in [-0.4, -0.2) is 32.7 Å². The largest absolute Gasteiger partial charge is 0.493 e. The van der Waals surface area contributed by atoms with Crippen LogP contribution in [0, 0.1) is 5.92 Å². The average Bonchev–Trinajstić information content (AvgIpc) is 2.93. The topological polar surface area (TPSA) is 59.6 Å². The SMILES string of the molecule is CCOc1cc(NC(=O)C2CCNC2)ccc1OC. The van der Waals surface area contributed by atoms with Crippen LogP contribution in [0.4, 0.5) is 5.69 Å². The van der Waals surface area contributed by atoms with Gasteiger partial charge in [0.25, 0.3) is 0 Å². The number of hydrogen-bond acceptors (Lipinski definition) is 4. The maximum Gasteiger partial charge on any atom is 0.228 e. The Hall–Kier alpha value is -1.75. The summed E-state index contributed by atoms with van der Waals surface area (Å²) in [5.74, 6) is 1.42. The zero-order chi connectivity index (χ0) is 13.7. The molecule has 0 radical (unpaired) electrons. The van der Waals surface area contributed by atoms with E-state index in [4.69, 9.17) is 9.47 Å². The van der Waals surface area contributed by atoms with Crippen molar-refractivity contribution < 1.29 is 14.3 Å². The van der Waals surface area contributed by atoms with Crippen molar-refractivity contribution in [3.05, 3.63) is 18.2 Å². The van der Waals surface area contributed by atoms with Gasteiger partial charge < -0.3 is 20.1 Å². The lowest BCUT2D eigenvalue weighted by Gasteiger charge is -2.13. The van der Waals surface area contributed by atoms with E-state index in [-0.39, 0.29) is 11.8 Å². The van der Waals surface area contributed by atoms with Crippen molar-refractivity contribution in [3.63, 3.8) is 0 Å². The molecule has 0 aromatic heterocycles. The highest BCUT2D eigenvalue weighted by Gasteiger charge is 2.22. The third-order valence-corrected chi connectivity index (χ3v) is 3.16. The summed E-state index contributed by atoms with van der Waals surface area (Å²) >= 11 is 0. The molecule has 19 heavy (non-hydrogen) atoms. The predicted octanol–water partition coefficient (Wildman–Crippen LogP) is 1.64. The fraction of sp³-hybridized carbons (Fsp3) is 0.500. The standard InChI is InChI=1S/C14H20N2O3/c1-3-19-13-8-11(4-5-12(13)18-2)16-14(17)10-6-7-15-9-10/h4-5,8,10,15H,3,6-7,9H2,1-2H3,(H,16,17). The number of amides is 1. The first-order valence-electron chi connectivity index (χ1n) is 6.57. The zero-order valence-electron chi connectivity index (χ0n) is 11.4. The molecule has 2 N–H and O–H groups in total. The van der Waals surface area contributed by atoms with E-state index in [1.54, 1.807) is 19.2 Å². The zero-order valence-corrected chi connectivity index (χ0v) is 11.4. The van der Waals surface area contributed by atoms with E-state index in [9.17, 15) is 4.79 Å². The van der Waals surface area contributed by atoms with Gasteiger partial charge in [0, 0.05) is 18.3 Å². The minimum absolute atomic E-state index is 0.0533. The second-order valence-electron chi connectivity index (χ2n) is 4.48. The predicted molar refractivity (Wildman–Crippen MR) is 73.8 cm³/mol. The van der Waals surface area contributed by atoms with Crippen molar-refractivity contribution in [2.24, 2.45) is 5.92 Å². The molecule has 1 amide bonds. The van der Waals surface area contributed by atoms with Gasteiger partial charge in [-0.05, 0) is 32.0 Å². The van der Waals surface area contributed by atoms with Crippen molar-refractivity contribution in [2.45, 2.75) is 13.3 Å². The van der Waals surface area contributed by atoms with Gasteiger partial charge in [0.2, 0.25) is 5.91 Å². The first-order chi connectivity index (χ1) is 9.24. The minimum Gasteiger partial charge on any atom is -0.493 e. The summed E-state index contributed by atoms with van der Waals surface area (Å²) in [6.07, 6.45) is 0.889. The molecule has 1 heterocycles. The Kier molecular flexibility index (Phi) is 4.63. The second kappa shape index (κ2) is 6.43. The minimum atomic E-state index is 0.0533. The molecule has 1 aliphatic rings. The van der Waals surface area contributed by atoms with Crippen molar-refractivity contribution in [1.29, 1.82) is 0 Å². The number of rotatable bonds is 5. The molecule has 0 spiro atoms. The summed E-state index contributed by atoms with van der Waals surface area (Å²) in [4.78, 5) is 12.0. The maximum absolute atomic E-state index is 12.0. The van der Waals surface area contributed by atoms with Crippen molar-refractivity contribution >= 4 is 11.6 Å². The van der Waals surface area contributed by atoms with Gasteiger partial charge in [-0.2, -0.15) is 0 Å². The van der Waals surface area contributed by atoms with Gasteiger partial charge >= 0.3 is 0 Å². The first-order valence-corrected chi connectivity index (χ1v) is 6.57. The molecule has 1 aliphatic heterocycles. The quantitative estimate of drug-likeness (QED) is 0.849. The number of carbonyl (C=O) groups excluding carboxylic acids is 1. The van der Waals surface area contributed by atoms with Crippen LogP contribution in [0.5, 0.6) is 11.5 Å². The van der Waals surface area contributed by atoms with Crippen LogP contribution >= 0.6 is 0 Å². The number of nitrogens with one attached hydrogen (secondary N) is 2. The van der Waals surface area contributed by atoms with Crippen LogP contribution in [0.2, 0.25) is 0 Å². The van der Waals surface area contributed by atoms with Crippen LogP contribution < -0.4 is 20.1 Å². The third-order valence-electron chi connectivity index (χ3n) is 3.16. The highest BCUT2D eigenvalue weighted by Crippen LogP contribution is 2.30. The monoisotopic (exact) mass is 264 g/mol. The molecular formula is C14H20N2O3. The van der Waals surface area contributed by atoms with Crippen molar-refractivity contribution in [2.75, 3.05) is 32.1 Å². The fourth-order valence-corrected chi connectivity index (χ4v) is 2.15. The highest BCUT2D eigenvalue weighted by atomic mass is 16.5. The molecule has 1 aromatic carbocycles. The van der Waals surface area contributed by atoms with Crippen LogP contribution in [0.25, 0.3) is 0 Å². The van der Waals surface area contributed by atoms with Crippen LogP contribution in [0.1, 0.15) is 13.3 Å². The van der Waals surface area contributed by atoms with Gasteiger partial charge in [0.1, 0.15) is 0 Å². The molecule has 0 aliphatic carbocycles. The molecule has 0 bridgehead atoms. The third kappa shape index (κ3) is 3.38. The van der Waals surface area contributed by atoms with E-state index in [1.807, 2.05) is 13.0 Å². The molecule has 1 aromatic rings. The summed E-state index contributed by atoms with van der Waals surface area (Å²) < 4.78 is 10.7. The molecule has 104 valence electrons. The summed E-state index contributed by atoms with van der Waals surface area (Å²) in [5, 5.41) is 6.10. The fourth-order valence-electron chi connectivity index (χ4n) is 2.15. The highest BCUT2D eigenvalue weighted by molar-refractivity contribution is 5.93. The van der Waals surface area contributed by atoms with Crippen LogP contribution in [0.15, 0.2) is 18.2 Å². The lowest BCUT2D eigenvalue weighted by atomic mass is 10.1. The lowest BCUT2D eigenvalue weighted by Crippen LogP contribution is -2.24. The molecular weight excluding hydrogens is 244 g/mol. The van der Waals surface area contributed by atoms with Gasteiger partial charge in [0.15, 0.2) is 11.5 Å². The Bertz CT molecular complexity index is 442. The lowest BCUT2D eigenvalue weighted by molar-refractivity contribution is -0.119. The smallest absolute Gasteiger partial charge is 0.228 e. The van der Waals surface area contributed by atoms with E-state index in [0.29, 0.717) is 18.1 Å². The summed E-state index contributed by atoms with van der Waals surface area (Å²) in [5.41, 5.74) is 0.737. The molecule has 1 saturated heterocycles. The van der Waals surface area contributed by atoms with Gasteiger partial charge in [-0.25, -0.2) is 0 Å². The first kappa shape index (κ1) is 13.7. The van der Waals surface area contributed by atoms with E-state index in [1.165, 1.54) is 0 Å². The van der Waals surface area contributed by atoms with E-state index < -0.39 is 0 Å².